The molecule has 29 heavy (non-hydrogen) atoms. The average Bonchev–Trinajstić information content (AvgIpc) is 3.15. The summed E-state index contributed by atoms with van der Waals surface area (Å²) in [7, 11) is 0. The number of hydrogen-bond acceptors (Lipinski definition) is 2. The molecule has 2 heteroatoms. The molecule has 4 aliphatic carbocycles. The lowest BCUT2D eigenvalue weighted by Crippen LogP contribution is -2.54. The van der Waals surface area contributed by atoms with Crippen LogP contribution >= 0.6 is 0 Å². The predicted octanol–water partition coefficient (Wildman–Crippen LogP) is 6.82. The molecule has 2 aliphatic heterocycles. The lowest BCUT2D eigenvalue weighted by Gasteiger charge is -2.61. The van der Waals surface area contributed by atoms with Gasteiger partial charge in [-0.05, 0) is 97.7 Å². The third kappa shape index (κ3) is 2.54. The minimum absolute atomic E-state index is 0.250. The molecule has 0 aromatic heterocycles. The maximum Gasteiger partial charge on any atom is 0.171 e. The van der Waals surface area contributed by atoms with Crippen molar-refractivity contribution in [3.63, 3.8) is 0 Å². The summed E-state index contributed by atoms with van der Waals surface area (Å²) in [5.41, 5.74) is 1.13. The van der Waals surface area contributed by atoms with Crippen molar-refractivity contribution in [3.8, 4) is 0 Å². The Kier molecular flexibility index (Phi) is 4.37. The fraction of sp³-hybridized carbons (Fsp3) is 1.00. The number of ether oxygens (including phenoxy) is 2. The first-order valence-corrected chi connectivity index (χ1v) is 13.2. The summed E-state index contributed by atoms with van der Waals surface area (Å²) in [5, 5.41) is 0. The Morgan fingerprint density at radius 3 is 2.45 bits per heavy atom. The van der Waals surface area contributed by atoms with E-state index in [4.69, 9.17) is 9.47 Å². The molecule has 0 aromatic rings. The molecule has 0 unspecified atom stereocenters. The van der Waals surface area contributed by atoms with Crippen LogP contribution in [0.4, 0.5) is 0 Å². The predicted molar refractivity (Wildman–Crippen MR) is 116 cm³/mol. The van der Waals surface area contributed by atoms with Crippen molar-refractivity contribution < 1.29 is 9.47 Å². The minimum atomic E-state index is -0.250. The average molecular weight is 401 g/mol. The lowest BCUT2D eigenvalue weighted by atomic mass is 9.44. The lowest BCUT2D eigenvalue weighted by molar-refractivity contribution is -0.273. The summed E-state index contributed by atoms with van der Waals surface area (Å²) >= 11 is 0. The van der Waals surface area contributed by atoms with Crippen molar-refractivity contribution in [1.29, 1.82) is 0 Å². The van der Waals surface area contributed by atoms with Gasteiger partial charge < -0.3 is 9.47 Å². The van der Waals surface area contributed by atoms with Crippen LogP contribution in [0, 0.1) is 52.3 Å². The van der Waals surface area contributed by atoms with Gasteiger partial charge in [0.1, 0.15) is 0 Å². The van der Waals surface area contributed by atoms with Crippen molar-refractivity contribution in [2.75, 3.05) is 6.61 Å². The van der Waals surface area contributed by atoms with Gasteiger partial charge >= 0.3 is 0 Å². The SMILES string of the molecule is C[C@@H]1CC[C@@]2(OC1)O[C@H]1C[C@H]3[C@@H]4CC[C@@H]5CCCC[C@]5(C)[C@H]4CC[C@]3(C)[C@H]1[C@@H]2C. The van der Waals surface area contributed by atoms with Crippen LogP contribution in [0.5, 0.6) is 0 Å². The first kappa shape index (κ1) is 19.6. The molecule has 11 atom stereocenters. The Bertz CT molecular complexity index is 651. The zero-order chi connectivity index (χ0) is 20.0. The van der Waals surface area contributed by atoms with E-state index >= 15 is 0 Å². The molecule has 0 bridgehead atoms. The normalized spacial score (nSPS) is 61.7. The molecule has 2 nitrogen and oxygen atoms in total. The van der Waals surface area contributed by atoms with E-state index < -0.39 is 0 Å². The number of hydrogen-bond donors (Lipinski definition) is 0. The van der Waals surface area contributed by atoms with Crippen molar-refractivity contribution in [1.82, 2.24) is 0 Å². The summed E-state index contributed by atoms with van der Waals surface area (Å²) in [4.78, 5) is 0. The van der Waals surface area contributed by atoms with E-state index in [1.54, 1.807) is 0 Å². The van der Waals surface area contributed by atoms with Gasteiger partial charge in [-0.15, -0.1) is 0 Å². The Labute approximate surface area is 178 Å². The molecule has 2 saturated heterocycles. The highest BCUT2D eigenvalue weighted by atomic mass is 16.7. The van der Waals surface area contributed by atoms with Gasteiger partial charge in [0, 0.05) is 12.3 Å². The van der Waals surface area contributed by atoms with Crippen molar-refractivity contribution in [3.05, 3.63) is 0 Å². The summed E-state index contributed by atoms with van der Waals surface area (Å²) in [5.74, 6) is 5.62. The van der Waals surface area contributed by atoms with E-state index in [2.05, 4.69) is 27.7 Å². The summed E-state index contributed by atoms with van der Waals surface area (Å²) in [6.07, 6.45) is 16.2. The van der Waals surface area contributed by atoms with Gasteiger partial charge in [-0.2, -0.15) is 0 Å². The molecule has 6 fully saturated rings. The molecule has 0 N–H and O–H groups in total. The summed E-state index contributed by atoms with van der Waals surface area (Å²) in [6, 6.07) is 0. The van der Waals surface area contributed by atoms with Crippen LogP contribution in [0.3, 0.4) is 0 Å². The Hall–Kier alpha value is -0.0800. The number of rotatable bonds is 0. The molecule has 164 valence electrons. The van der Waals surface area contributed by atoms with Crippen molar-refractivity contribution in [2.45, 2.75) is 110 Å². The van der Waals surface area contributed by atoms with E-state index in [9.17, 15) is 0 Å². The molecule has 4 saturated carbocycles. The quantitative estimate of drug-likeness (QED) is 0.444. The Morgan fingerprint density at radius 2 is 1.66 bits per heavy atom. The van der Waals surface area contributed by atoms with Gasteiger partial charge in [-0.25, -0.2) is 0 Å². The molecule has 1 spiro atoms. The second kappa shape index (κ2) is 6.47. The van der Waals surface area contributed by atoms with Gasteiger partial charge in [0.05, 0.1) is 12.7 Å². The maximum absolute atomic E-state index is 6.92. The van der Waals surface area contributed by atoms with Crippen LogP contribution in [0.2, 0.25) is 0 Å². The zero-order valence-corrected chi connectivity index (χ0v) is 19.4. The van der Waals surface area contributed by atoms with Gasteiger partial charge in [0.25, 0.3) is 0 Å². The van der Waals surface area contributed by atoms with E-state index in [1.807, 2.05) is 0 Å². The van der Waals surface area contributed by atoms with Gasteiger partial charge in [-0.1, -0.05) is 40.5 Å². The number of fused-ring (bicyclic) bond motifs is 7. The third-order valence-electron chi connectivity index (χ3n) is 11.9. The zero-order valence-electron chi connectivity index (χ0n) is 19.4. The fourth-order valence-electron chi connectivity index (χ4n) is 10.3. The first-order valence-electron chi connectivity index (χ1n) is 13.2. The van der Waals surface area contributed by atoms with Gasteiger partial charge in [-0.3, -0.25) is 0 Å². The second-order valence-corrected chi connectivity index (χ2v) is 12.9. The van der Waals surface area contributed by atoms with E-state index in [1.165, 1.54) is 64.2 Å². The van der Waals surface area contributed by atoms with Crippen LogP contribution < -0.4 is 0 Å². The smallest absolute Gasteiger partial charge is 0.171 e. The highest BCUT2D eigenvalue weighted by molar-refractivity contribution is 5.15. The van der Waals surface area contributed by atoms with E-state index in [-0.39, 0.29) is 5.79 Å². The largest absolute Gasteiger partial charge is 0.349 e. The van der Waals surface area contributed by atoms with Crippen molar-refractivity contribution in [2.24, 2.45) is 52.3 Å². The fourth-order valence-corrected chi connectivity index (χ4v) is 10.3. The summed E-state index contributed by atoms with van der Waals surface area (Å²) < 4.78 is 13.4. The Morgan fingerprint density at radius 1 is 0.793 bits per heavy atom. The highest BCUT2D eigenvalue weighted by Crippen LogP contribution is 2.71. The highest BCUT2D eigenvalue weighted by Gasteiger charge is 2.68. The monoisotopic (exact) mass is 400 g/mol. The van der Waals surface area contributed by atoms with Crippen molar-refractivity contribution >= 4 is 0 Å². The van der Waals surface area contributed by atoms with Crippen LogP contribution in [-0.4, -0.2) is 18.5 Å². The van der Waals surface area contributed by atoms with E-state index in [0.717, 1.165) is 42.6 Å². The van der Waals surface area contributed by atoms with Crippen LogP contribution in [0.25, 0.3) is 0 Å². The second-order valence-electron chi connectivity index (χ2n) is 12.9. The maximum atomic E-state index is 6.92. The molecule has 0 aromatic carbocycles. The molecule has 6 aliphatic rings. The molecular weight excluding hydrogens is 356 g/mol. The standard InChI is InChI=1S/C27H44O2/c1-17-10-14-27(28-16-17)18(2)24-23(29-27)15-22-20-9-8-19-7-5-6-12-25(19,3)21(20)11-13-26(22,24)4/h17-24H,5-16H2,1-4H3/t17-,18+,19+,20-,21+,22+,23+,24+,25+,26+,27-/m1/s1. The first-order chi connectivity index (χ1) is 13.9. The minimum Gasteiger partial charge on any atom is -0.349 e. The Balaban J connectivity index is 1.27. The molecule has 6 rings (SSSR count). The molecule has 0 radical (unpaired) electrons. The van der Waals surface area contributed by atoms with Crippen LogP contribution in [-0.2, 0) is 9.47 Å². The molecule has 2 heterocycles. The van der Waals surface area contributed by atoms with Crippen LogP contribution in [0.1, 0.15) is 98.3 Å². The molecular formula is C27H44O2. The van der Waals surface area contributed by atoms with Gasteiger partial charge in [0.2, 0.25) is 0 Å². The molecule has 0 amide bonds. The van der Waals surface area contributed by atoms with E-state index in [0.29, 0.717) is 28.8 Å². The van der Waals surface area contributed by atoms with Crippen LogP contribution in [0.15, 0.2) is 0 Å². The third-order valence-corrected chi connectivity index (χ3v) is 11.9. The topological polar surface area (TPSA) is 18.5 Å². The summed E-state index contributed by atoms with van der Waals surface area (Å²) in [6.45, 7) is 11.1. The van der Waals surface area contributed by atoms with Gasteiger partial charge in [0.15, 0.2) is 5.79 Å².